The fourth-order valence-electron chi connectivity index (χ4n) is 3.61. The number of carbonyl (C=O) groups is 2. The molecule has 0 saturated carbocycles. The minimum Gasteiger partial charge on any atom is -0.378 e. The summed E-state index contributed by atoms with van der Waals surface area (Å²) < 4.78 is 6.14. The van der Waals surface area contributed by atoms with Gasteiger partial charge in [0.15, 0.2) is 10.9 Å². The van der Waals surface area contributed by atoms with Crippen molar-refractivity contribution >= 4 is 55.7 Å². The lowest BCUT2D eigenvalue weighted by Gasteiger charge is -2.32. The minimum atomic E-state index is -0.279. The van der Waals surface area contributed by atoms with E-state index in [-0.39, 0.29) is 17.7 Å². The molecule has 0 aromatic carbocycles. The van der Waals surface area contributed by atoms with Gasteiger partial charge in [-0.05, 0) is 34.8 Å². The quantitative estimate of drug-likeness (QED) is 0.653. The predicted octanol–water partition coefficient (Wildman–Crippen LogP) is 2.09. The van der Waals surface area contributed by atoms with E-state index in [0.29, 0.717) is 56.3 Å². The van der Waals surface area contributed by atoms with E-state index >= 15 is 0 Å². The van der Waals surface area contributed by atoms with E-state index in [1.807, 2.05) is 6.07 Å². The zero-order chi connectivity index (χ0) is 21.1. The van der Waals surface area contributed by atoms with Crippen molar-refractivity contribution in [1.82, 2.24) is 9.97 Å². The third-order valence-corrected chi connectivity index (χ3v) is 6.62. The number of piperidine rings is 1. The Morgan fingerprint density at radius 3 is 2.63 bits per heavy atom. The molecule has 3 N–H and O–H groups in total. The number of ether oxygens (including phenoxy) is 1. The molecule has 0 bridgehead atoms. The van der Waals surface area contributed by atoms with Crippen LogP contribution in [0, 0.1) is 5.92 Å². The van der Waals surface area contributed by atoms with Crippen molar-refractivity contribution in [3.05, 3.63) is 27.8 Å². The molecule has 9 nitrogen and oxygen atoms in total. The highest BCUT2D eigenvalue weighted by molar-refractivity contribution is 9.10. The maximum absolute atomic E-state index is 12.9. The summed E-state index contributed by atoms with van der Waals surface area (Å²) in [5, 5.41) is 5.54. The first kappa shape index (κ1) is 21.0. The Balaban J connectivity index is 1.48. The Hall–Kier alpha value is -2.24. The van der Waals surface area contributed by atoms with E-state index in [0.717, 1.165) is 22.7 Å². The van der Waals surface area contributed by atoms with Crippen LogP contribution < -0.4 is 20.9 Å². The van der Waals surface area contributed by atoms with Crippen molar-refractivity contribution in [2.75, 3.05) is 54.5 Å². The predicted molar refractivity (Wildman–Crippen MR) is 119 cm³/mol. The molecule has 2 aromatic rings. The van der Waals surface area contributed by atoms with Crippen LogP contribution in [-0.2, 0) is 9.53 Å². The molecule has 160 valence electrons. The van der Waals surface area contributed by atoms with Crippen LogP contribution >= 0.6 is 27.3 Å². The van der Waals surface area contributed by atoms with Gasteiger partial charge in [-0.25, -0.2) is 9.97 Å². The number of anilines is 3. The SMILES string of the molecule is NC(=O)C1CCN(c2ncc(Br)cc2NC(=O)c2csc(N3CCOCC3)n2)CC1. The molecular weight excluding hydrogens is 472 g/mol. The van der Waals surface area contributed by atoms with Gasteiger partial charge in [-0.15, -0.1) is 11.3 Å². The topological polar surface area (TPSA) is 114 Å². The molecule has 2 aliphatic heterocycles. The van der Waals surface area contributed by atoms with E-state index in [4.69, 9.17) is 10.5 Å². The second kappa shape index (κ2) is 9.27. The number of hydrogen-bond donors (Lipinski definition) is 2. The first-order valence-corrected chi connectivity index (χ1v) is 11.5. The molecule has 2 aliphatic rings. The summed E-state index contributed by atoms with van der Waals surface area (Å²) in [6, 6.07) is 1.83. The fraction of sp³-hybridized carbons (Fsp3) is 0.474. The zero-order valence-corrected chi connectivity index (χ0v) is 18.7. The summed E-state index contributed by atoms with van der Waals surface area (Å²) in [7, 11) is 0. The molecule has 0 spiro atoms. The number of thiazole rings is 1. The number of pyridine rings is 1. The van der Waals surface area contributed by atoms with Gasteiger partial charge in [0.25, 0.3) is 5.91 Å². The van der Waals surface area contributed by atoms with Gasteiger partial charge >= 0.3 is 0 Å². The summed E-state index contributed by atoms with van der Waals surface area (Å²) >= 11 is 4.88. The first-order valence-electron chi connectivity index (χ1n) is 9.80. The highest BCUT2D eigenvalue weighted by atomic mass is 79.9. The molecule has 0 unspecified atom stereocenters. The van der Waals surface area contributed by atoms with Gasteiger partial charge in [0.05, 0.1) is 18.9 Å². The van der Waals surface area contributed by atoms with Crippen LogP contribution in [0.4, 0.5) is 16.6 Å². The van der Waals surface area contributed by atoms with Crippen molar-refractivity contribution in [2.24, 2.45) is 11.7 Å². The number of rotatable bonds is 5. The molecule has 4 rings (SSSR count). The number of morpholine rings is 1. The number of primary amides is 1. The standard InChI is InChI=1S/C19H23BrN6O3S/c20-13-9-14(17(22-10-13)25-3-1-12(2-4-25)16(21)27)23-18(28)15-11-30-19(24-15)26-5-7-29-8-6-26/h9-12H,1-8H2,(H2,21,27)(H,23,28). The normalized spacial score (nSPS) is 17.8. The van der Waals surface area contributed by atoms with Crippen LogP contribution in [0.5, 0.6) is 0 Å². The summed E-state index contributed by atoms with van der Waals surface area (Å²) in [5.74, 6) is 0.0342. The van der Waals surface area contributed by atoms with E-state index < -0.39 is 0 Å². The van der Waals surface area contributed by atoms with E-state index in [1.54, 1.807) is 11.6 Å². The highest BCUT2D eigenvalue weighted by Gasteiger charge is 2.26. The van der Waals surface area contributed by atoms with Gasteiger partial charge < -0.3 is 25.6 Å². The third-order valence-electron chi connectivity index (χ3n) is 5.28. The summed E-state index contributed by atoms with van der Waals surface area (Å²) in [5.41, 5.74) is 6.41. The molecule has 2 saturated heterocycles. The van der Waals surface area contributed by atoms with Crippen molar-refractivity contribution in [1.29, 1.82) is 0 Å². The summed E-state index contributed by atoms with van der Waals surface area (Å²) in [6.45, 7) is 4.19. The lowest BCUT2D eigenvalue weighted by molar-refractivity contribution is -0.122. The summed E-state index contributed by atoms with van der Waals surface area (Å²) in [6.07, 6.45) is 3.05. The Morgan fingerprint density at radius 1 is 1.20 bits per heavy atom. The third kappa shape index (κ3) is 4.73. The molecule has 2 aromatic heterocycles. The van der Waals surface area contributed by atoms with E-state index in [2.05, 4.69) is 41.0 Å². The largest absolute Gasteiger partial charge is 0.378 e. The van der Waals surface area contributed by atoms with Crippen molar-refractivity contribution in [3.8, 4) is 0 Å². The van der Waals surface area contributed by atoms with Gasteiger partial charge in [-0.3, -0.25) is 9.59 Å². The van der Waals surface area contributed by atoms with Gasteiger partial charge in [0.1, 0.15) is 5.69 Å². The molecule has 0 atom stereocenters. The number of nitrogens with zero attached hydrogens (tertiary/aromatic N) is 4. The second-order valence-corrected chi connectivity index (χ2v) is 9.01. The number of nitrogens with two attached hydrogens (primary N) is 1. The molecule has 0 aliphatic carbocycles. The van der Waals surface area contributed by atoms with E-state index in [9.17, 15) is 9.59 Å². The van der Waals surface area contributed by atoms with Crippen LogP contribution in [0.1, 0.15) is 23.3 Å². The Morgan fingerprint density at radius 2 is 1.93 bits per heavy atom. The minimum absolute atomic E-state index is 0.108. The van der Waals surface area contributed by atoms with Crippen molar-refractivity contribution < 1.29 is 14.3 Å². The molecule has 2 amide bonds. The van der Waals surface area contributed by atoms with E-state index in [1.165, 1.54) is 11.3 Å². The van der Waals surface area contributed by atoms with Gasteiger partial charge in [-0.1, -0.05) is 0 Å². The summed E-state index contributed by atoms with van der Waals surface area (Å²) in [4.78, 5) is 37.5. The van der Waals surface area contributed by atoms with Crippen molar-refractivity contribution in [2.45, 2.75) is 12.8 Å². The van der Waals surface area contributed by atoms with Crippen LogP contribution in [0.25, 0.3) is 0 Å². The number of amides is 2. The number of carbonyl (C=O) groups excluding carboxylic acids is 2. The molecule has 0 radical (unpaired) electrons. The molecule has 2 fully saturated rings. The smallest absolute Gasteiger partial charge is 0.275 e. The first-order chi connectivity index (χ1) is 14.5. The lowest BCUT2D eigenvalue weighted by atomic mass is 9.96. The number of aromatic nitrogens is 2. The zero-order valence-electron chi connectivity index (χ0n) is 16.3. The number of nitrogens with one attached hydrogen (secondary N) is 1. The second-order valence-electron chi connectivity index (χ2n) is 7.26. The average Bonchev–Trinajstić information content (AvgIpc) is 3.25. The number of hydrogen-bond acceptors (Lipinski definition) is 8. The maximum atomic E-state index is 12.9. The van der Waals surface area contributed by atoms with Crippen LogP contribution in [0.15, 0.2) is 22.1 Å². The molecule has 11 heteroatoms. The number of halogens is 1. The maximum Gasteiger partial charge on any atom is 0.275 e. The lowest BCUT2D eigenvalue weighted by Crippen LogP contribution is -2.39. The highest BCUT2D eigenvalue weighted by Crippen LogP contribution is 2.31. The van der Waals surface area contributed by atoms with Gasteiger partial charge in [-0.2, -0.15) is 0 Å². The fourth-order valence-corrected chi connectivity index (χ4v) is 4.80. The monoisotopic (exact) mass is 494 g/mol. The van der Waals surface area contributed by atoms with Crippen LogP contribution in [0.3, 0.4) is 0 Å². The molecule has 30 heavy (non-hydrogen) atoms. The Bertz CT molecular complexity index is 925. The molecular formula is C19H23BrN6O3S. The van der Waals surface area contributed by atoms with Gasteiger partial charge in [0.2, 0.25) is 5.91 Å². The average molecular weight is 495 g/mol. The van der Waals surface area contributed by atoms with Gasteiger partial charge in [0, 0.05) is 48.1 Å². The Labute approximate surface area is 186 Å². The van der Waals surface area contributed by atoms with Crippen molar-refractivity contribution in [3.63, 3.8) is 0 Å². The molecule has 4 heterocycles. The Kier molecular flexibility index (Phi) is 6.49. The van der Waals surface area contributed by atoms with Crippen LogP contribution in [-0.4, -0.2) is 61.2 Å². The van der Waals surface area contributed by atoms with Crippen LogP contribution in [0.2, 0.25) is 0 Å².